The molecule has 0 amide bonds. The zero-order valence-electron chi connectivity index (χ0n) is 7.39. The smallest absolute Gasteiger partial charge is 0.0992 e. The molecule has 0 spiro atoms. The highest BCUT2D eigenvalue weighted by atomic mass is 35.5. The molecule has 0 unspecified atom stereocenters. The zero-order valence-corrected chi connectivity index (χ0v) is 8.15. The molecule has 0 fully saturated rings. The standard InChI is InChI=1S/C10H9ClN2O/c11-9-5-8(6-14)1-2-10(9)13-4-3-12-7-13/h1-5,7,14H,6H2. The van der Waals surface area contributed by atoms with Crippen molar-refractivity contribution in [2.45, 2.75) is 6.61 Å². The van der Waals surface area contributed by atoms with Gasteiger partial charge in [0, 0.05) is 12.4 Å². The van der Waals surface area contributed by atoms with Crippen LogP contribution in [0.1, 0.15) is 5.56 Å². The number of benzene rings is 1. The van der Waals surface area contributed by atoms with Crippen LogP contribution >= 0.6 is 11.6 Å². The average Bonchev–Trinajstić information content (AvgIpc) is 2.70. The Labute approximate surface area is 86.6 Å². The Kier molecular flexibility index (Phi) is 2.52. The van der Waals surface area contributed by atoms with E-state index in [1.54, 1.807) is 18.6 Å². The molecule has 0 aliphatic rings. The summed E-state index contributed by atoms with van der Waals surface area (Å²) >= 11 is 6.04. The molecule has 14 heavy (non-hydrogen) atoms. The van der Waals surface area contributed by atoms with Crippen LogP contribution in [0.3, 0.4) is 0 Å². The molecule has 1 aromatic carbocycles. The van der Waals surface area contributed by atoms with E-state index >= 15 is 0 Å². The van der Waals surface area contributed by atoms with Gasteiger partial charge in [0.25, 0.3) is 0 Å². The lowest BCUT2D eigenvalue weighted by molar-refractivity contribution is 0.282. The fourth-order valence-corrected chi connectivity index (χ4v) is 1.56. The quantitative estimate of drug-likeness (QED) is 0.820. The van der Waals surface area contributed by atoms with E-state index in [0.717, 1.165) is 11.3 Å². The SMILES string of the molecule is OCc1ccc(-n2ccnc2)c(Cl)c1. The number of hydrogen-bond acceptors (Lipinski definition) is 2. The van der Waals surface area contributed by atoms with Gasteiger partial charge in [-0.15, -0.1) is 0 Å². The maximum Gasteiger partial charge on any atom is 0.0992 e. The molecule has 0 saturated carbocycles. The molecule has 0 aliphatic carbocycles. The minimum atomic E-state index is 0.00390. The first-order valence-electron chi connectivity index (χ1n) is 4.19. The van der Waals surface area contributed by atoms with Crippen molar-refractivity contribution in [1.29, 1.82) is 0 Å². The van der Waals surface area contributed by atoms with Crippen molar-refractivity contribution in [2.75, 3.05) is 0 Å². The Bertz CT molecular complexity index is 426. The van der Waals surface area contributed by atoms with Crippen LogP contribution in [0, 0.1) is 0 Å². The largest absolute Gasteiger partial charge is 0.392 e. The van der Waals surface area contributed by atoms with Gasteiger partial charge in [-0.3, -0.25) is 0 Å². The van der Waals surface area contributed by atoms with E-state index in [1.165, 1.54) is 0 Å². The van der Waals surface area contributed by atoms with Gasteiger partial charge in [0.1, 0.15) is 0 Å². The third-order valence-electron chi connectivity index (χ3n) is 1.98. The van der Waals surface area contributed by atoms with Gasteiger partial charge in [0.2, 0.25) is 0 Å². The summed E-state index contributed by atoms with van der Waals surface area (Å²) in [6.07, 6.45) is 5.19. The number of nitrogens with zero attached hydrogens (tertiary/aromatic N) is 2. The number of halogens is 1. The van der Waals surface area contributed by atoms with Crippen LogP contribution in [0.25, 0.3) is 5.69 Å². The summed E-state index contributed by atoms with van der Waals surface area (Å²) in [6.45, 7) is 0.00390. The number of imidazole rings is 1. The molecule has 4 heteroatoms. The van der Waals surface area contributed by atoms with E-state index in [4.69, 9.17) is 16.7 Å². The van der Waals surface area contributed by atoms with E-state index in [1.807, 2.05) is 22.9 Å². The molecule has 0 atom stereocenters. The van der Waals surface area contributed by atoms with Gasteiger partial charge in [-0.2, -0.15) is 0 Å². The van der Waals surface area contributed by atoms with Crippen LogP contribution in [0.15, 0.2) is 36.9 Å². The van der Waals surface area contributed by atoms with E-state index in [2.05, 4.69) is 4.98 Å². The topological polar surface area (TPSA) is 38.0 Å². The van der Waals surface area contributed by atoms with Gasteiger partial charge < -0.3 is 9.67 Å². The molecule has 3 nitrogen and oxygen atoms in total. The molecule has 0 aliphatic heterocycles. The molecule has 1 aromatic heterocycles. The molecule has 1 N–H and O–H groups in total. The van der Waals surface area contributed by atoms with Gasteiger partial charge in [-0.25, -0.2) is 4.98 Å². The van der Waals surface area contributed by atoms with Crippen molar-refractivity contribution in [3.8, 4) is 5.69 Å². The summed E-state index contributed by atoms with van der Waals surface area (Å²) < 4.78 is 1.82. The van der Waals surface area contributed by atoms with Crippen molar-refractivity contribution < 1.29 is 5.11 Å². The minimum absolute atomic E-state index is 0.00390. The third-order valence-corrected chi connectivity index (χ3v) is 2.28. The molecule has 2 rings (SSSR count). The Morgan fingerprint density at radius 2 is 2.29 bits per heavy atom. The lowest BCUT2D eigenvalue weighted by Crippen LogP contribution is -1.92. The monoisotopic (exact) mass is 208 g/mol. The highest BCUT2D eigenvalue weighted by molar-refractivity contribution is 6.32. The normalized spacial score (nSPS) is 10.4. The van der Waals surface area contributed by atoms with Crippen LogP contribution in [-0.2, 0) is 6.61 Å². The first-order valence-corrected chi connectivity index (χ1v) is 4.56. The molecule has 2 aromatic rings. The zero-order chi connectivity index (χ0) is 9.97. The van der Waals surface area contributed by atoms with Crippen LogP contribution in [-0.4, -0.2) is 14.7 Å². The predicted molar refractivity (Wildman–Crippen MR) is 54.5 cm³/mol. The van der Waals surface area contributed by atoms with E-state index < -0.39 is 0 Å². The van der Waals surface area contributed by atoms with Crippen molar-refractivity contribution in [3.05, 3.63) is 47.5 Å². The Balaban J connectivity index is 2.46. The lowest BCUT2D eigenvalue weighted by Gasteiger charge is -2.05. The minimum Gasteiger partial charge on any atom is -0.392 e. The van der Waals surface area contributed by atoms with E-state index in [0.29, 0.717) is 5.02 Å². The number of aliphatic hydroxyl groups is 1. The van der Waals surface area contributed by atoms with Crippen LogP contribution < -0.4 is 0 Å². The maximum atomic E-state index is 8.91. The summed E-state index contributed by atoms with van der Waals surface area (Å²) in [4.78, 5) is 3.94. The third kappa shape index (κ3) is 1.64. The molecule has 0 saturated heterocycles. The fourth-order valence-electron chi connectivity index (χ4n) is 1.26. The Morgan fingerprint density at radius 3 is 2.86 bits per heavy atom. The van der Waals surface area contributed by atoms with Gasteiger partial charge in [-0.1, -0.05) is 17.7 Å². The Hall–Kier alpha value is -1.32. The lowest BCUT2D eigenvalue weighted by atomic mass is 10.2. The number of aromatic nitrogens is 2. The van der Waals surface area contributed by atoms with Crippen molar-refractivity contribution in [1.82, 2.24) is 9.55 Å². The second-order valence-corrected chi connectivity index (χ2v) is 3.32. The van der Waals surface area contributed by atoms with Gasteiger partial charge >= 0.3 is 0 Å². The molecule has 1 heterocycles. The average molecular weight is 209 g/mol. The maximum absolute atomic E-state index is 8.91. The molecular weight excluding hydrogens is 200 g/mol. The Morgan fingerprint density at radius 1 is 1.43 bits per heavy atom. The molecule has 72 valence electrons. The first kappa shape index (κ1) is 9.24. The van der Waals surface area contributed by atoms with Gasteiger partial charge in [0.15, 0.2) is 0 Å². The van der Waals surface area contributed by atoms with Crippen LogP contribution in [0.4, 0.5) is 0 Å². The summed E-state index contributed by atoms with van der Waals surface area (Å²) in [6, 6.07) is 5.44. The number of rotatable bonds is 2. The molecule has 0 radical (unpaired) electrons. The van der Waals surface area contributed by atoms with Crippen LogP contribution in [0.5, 0.6) is 0 Å². The van der Waals surface area contributed by atoms with Crippen LogP contribution in [0.2, 0.25) is 5.02 Å². The summed E-state index contributed by atoms with van der Waals surface area (Å²) in [5, 5.41) is 9.51. The predicted octanol–water partition coefficient (Wildman–Crippen LogP) is 2.02. The van der Waals surface area contributed by atoms with Gasteiger partial charge in [0.05, 0.1) is 23.6 Å². The second-order valence-electron chi connectivity index (χ2n) is 2.91. The van der Waals surface area contributed by atoms with Crippen molar-refractivity contribution >= 4 is 11.6 Å². The summed E-state index contributed by atoms with van der Waals surface area (Å²) in [7, 11) is 0. The number of hydrogen-bond donors (Lipinski definition) is 1. The molecular formula is C10H9ClN2O. The van der Waals surface area contributed by atoms with Crippen molar-refractivity contribution in [3.63, 3.8) is 0 Å². The van der Waals surface area contributed by atoms with E-state index in [9.17, 15) is 0 Å². The highest BCUT2D eigenvalue weighted by Gasteiger charge is 2.02. The second kappa shape index (κ2) is 3.82. The first-order chi connectivity index (χ1) is 6.81. The van der Waals surface area contributed by atoms with Gasteiger partial charge in [-0.05, 0) is 17.7 Å². The number of aliphatic hydroxyl groups excluding tert-OH is 1. The molecule has 0 bridgehead atoms. The van der Waals surface area contributed by atoms with E-state index in [-0.39, 0.29) is 6.61 Å². The highest BCUT2D eigenvalue weighted by Crippen LogP contribution is 2.21. The summed E-state index contributed by atoms with van der Waals surface area (Å²) in [5.74, 6) is 0. The van der Waals surface area contributed by atoms with Crippen molar-refractivity contribution in [2.24, 2.45) is 0 Å². The summed E-state index contributed by atoms with van der Waals surface area (Å²) in [5.41, 5.74) is 1.67. The fraction of sp³-hybridized carbons (Fsp3) is 0.100.